The van der Waals surface area contributed by atoms with Gasteiger partial charge in [0.15, 0.2) is 5.82 Å². The molecule has 1 aliphatic heterocycles. The molecule has 1 aromatic carbocycles. The number of amides is 1. The van der Waals surface area contributed by atoms with E-state index in [0.29, 0.717) is 36.2 Å². The number of likely N-dealkylation sites (tertiary alicyclic amines) is 1. The highest BCUT2D eigenvalue weighted by Gasteiger charge is 2.20. The van der Waals surface area contributed by atoms with Gasteiger partial charge in [0.25, 0.3) is 0 Å². The third-order valence-electron chi connectivity index (χ3n) is 4.82. The van der Waals surface area contributed by atoms with Gasteiger partial charge in [0.05, 0.1) is 0 Å². The van der Waals surface area contributed by atoms with E-state index < -0.39 is 0 Å². The van der Waals surface area contributed by atoms with Gasteiger partial charge in [-0.3, -0.25) is 4.79 Å². The van der Waals surface area contributed by atoms with Crippen LogP contribution in [0.15, 0.2) is 42.9 Å². The number of hydrogen-bond acceptors (Lipinski definition) is 5. The molecule has 1 amide bonds. The van der Waals surface area contributed by atoms with Crippen LogP contribution in [0.5, 0.6) is 0 Å². The quantitative estimate of drug-likeness (QED) is 0.692. The predicted molar refractivity (Wildman–Crippen MR) is 109 cm³/mol. The number of benzene rings is 1. The second kappa shape index (κ2) is 7.98. The third-order valence-corrected chi connectivity index (χ3v) is 5.15. The standard InChI is InChI=1S/C20H21ClN6O/c1-26-11-8-22-19(26)18-15(14-5-2-3-6-16(14)21)13-24-20(25-18)23-9-12-27-10-4-7-17(27)28/h2-3,5-6,8,11,13H,4,7,9-10,12H2,1H3,(H,23,24,25). The first-order valence-electron chi connectivity index (χ1n) is 9.25. The molecule has 0 radical (unpaired) electrons. The normalized spacial score (nSPS) is 13.9. The molecule has 3 heterocycles. The van der Waals surface area contributed by atoms with Crippen molar-refractivity contribution < 1.29 is 4.79 Å². The van der Waals surface area contributed by atoms with Crippen LogP contribution in [0.2, 0.25) is 5.02 Å². The van der Waals surface area contributed by atoms with Crippen molar-refractivity contribution in [3.8, 4) is 22.6 Å². The molecule has 0 atom stereocenters. The lowest BCUT2D eigenvalue weighted by molar-refractivity contribution is -0.127. The molecule has 0 spiro atoms. The average Bonchev–Trinajstić information content (AvgIpc) is 3.30. The fraction of sp³-hybridized carbons (Fsp3) is 0.300. The molecule has 0 aliphatic carbocycles. The summed E-state index contributed by atoms with van der Waals surface area (Å²) in [6.07, 6.45) is 6.96. The Morgan fingerprint density at radius 2 is 2.07 bits per heavy atom. The number of nitrogens with one attached hydrogen (secondary N) is 1. The third kappa shape index (κ3) is 3.71. The number of carbonyl (C=O) groups excluding carboxylic acids is 1. The monoisotopic (exact) mass is 396 g/mol. The van der Waals surface area contributed by atoms with Crippen LogP contribution in [0.3, 0.4) is 0 Å². The molecule has 1 aliphatic rings. The van der Waals surface area contributed by atoms with Crippen molar-refractivity contribution in [2.24, 2.45) is 7.05 Å². The van der Waals surface area contributed by atoms with Crippen molar-refractivity contribution in [3.05, 3.63) is 47.9 Å². The summed E-state index contributed by atoms with van der Waals surface area (Å²) in [5.41, 5.74) is 2.38. The first-order chi connectivity index (χ1) is 13.6. The molecule has 8 heteroatoms. The molecule has 0 unspecified atom stereocenters. The van der Waals surface area contributed by atoms with Gasteiger partial charge in [-0.05, 0) is 12.5 Å². The minimum Gasteiger partial charge on any atom is -0.352 e. The first kappa shape index (κ1) is 18.4. The molecule has 28 heavy (non-hydrogen) atoms. The van der Waals surface area contributed by atoms with E-state index in [1.807, 2.05) is 47.0 Å². The van der Waals surface area contributed by atoms with Crippen LogP contribution in [-0.2, 0) is 11.8 Å². The average molecular weight is 397 g/mol. The van der Waals surface area contributed by atoms with E-state index in [1.165, 1.54) is 0 Å². The fourth-order valence-corrected chi connectivity index (χ4v) is 3.59. The van der Waals surface area contributed by atoms with E-state index in [4.69, 9.17) is 16.6 Å². The largest absolute Gasteiger partial charge is 0.352 e. The van der Waals surface area contributed by atoms with Gasteiger partial charge < -0.3 is 14.8 Å². The number of hydrogen-bond donors (Lipinski definition) is 1. The molecule has 3 aromatic rings. The van der Waals surface area contributed by atoms with Gasteiger partial charge in [0.2, 0.25) is 11.9 Å². The molecule has 0 saturated carbocycles. The fourth-order valence-electron chi connectivity index (χ4n) is 3.35. The lowest BCUT2D eigenvalue weighted by atomic mass is 10.1. The Balaban J connectivity index is 1.62. The van der Waals surface area contributed by atoms with Gasteiger partial charge >= 0.3 is 0 Å². The highest BCUT2D eigenvalue weighted by molar-refractivity contribution is 6.33. The highest BCUT2D eigenvalue weighted by atomic mass is 35.5. The molecule has 7 nitrogen and oxygen atoms in total. The summed E-state index contributed by atoms with van der Waals surface area (Å²) in [5.74, 6) is 1.45. The number of imidazole rings is 1. The molecule has 2 aromatic heterocycles. The topological polar surface area (TPSA) is 75.9 Å². The van der Waals surface area contributed by atoms with Crippen LogP contribution >= 0.6 is 11.6 Å². The minimum atomic E-state index is 0.213. The van der Waals surface area contributed by atoms with Gasteiger partial charge in [-0.15, -0.1) is 0 Å². The predicted octanol–water partition coefficient (Wildman–Crippen LogP) is 3.23. The lowest BCUT2D eigenvalue weighted by Crippen LogP contribution is -2.30. The minimum absolute atomic E-state index is 0.213. The van der Waals surface area contributed by atoms with Gasteiger partial charge in [-0.25, -0.2) is 15.0 Å². The Morgan fingerprint density at radius 3 is 2.79 bits per heavy atom. The zero-order valence-corrected chi connectivity index (χ0v) is 16.4. The molecular weight excluding hydrogens is 376 g/mol. The van der Waals surface area contributed by atoms with Crippen LogP contribution in [0.1, 0.15) is 12.8 Å². The van der Waals surface area contributed by atoms with Gasteiger partial charge in [-0.1, -0.05) is 29.8 Å². The smallest absolute Gasteiger partial charge is 0.223 e. The van der Waals surface area contributed by atoms with Crippen LogP contribution < -0.4 is 5.32 Å². The maximum atomic E-state index is 11.7. The Labute approximate surface area is 168 Å². The van der Waals surface area contributed by atoms with Crippen molar-refractivity contribution in [1.29, 1.82) is 0 Å². The number of halogens is 1. The van der Waals surface area contributed by atoms with Crippen molar-refractivity contribution in [2.75, 3.05) is 25.0 Å². The second-order valence-electron chi connectivity index (χ2n) is 6.71. The van der Waals surface area contributed by atoms with E-state index in [0.717, 1.165) is 29.9 Å². The Bertz CT molecular complexity index is 1000. The Kier molecular flexibility index (Phi) is 5.25. The van der Waals surface area contributed by atoms with E-state index >= 15 is 0 Å². The van der Waals surface area contributed by atoms with Crippen LogP contribution in [0.25, 0.3) is 22.6 Å². The highest BCUT2D eigenvalue weighted by Crippen LogP contribution is 2.34. The summed E-state index contributed by atoms with van der Waals surface area (Å²) in [6, 6.07) is 7.61. The summed E-state index contributed by atoms with van der Waals surface area (Å²) in [5, 5.41) is 3.86. The van der Waals surface area contributed by atoms with E-state index in [1.54, 1.807) is 12.4 Å². The van der Waals surface area contributed by atoms with Crippen molar-refractivity contribution >= 4 is 23.5 Å². The van der Waals surface area contributed by atoms with Crippen molar-refractivity contribution in [3.63, 3.8) is 0 Å². The van der Waals surface area contributed by atoms with Gasteiger partial charge in [-0.2, -0.15) is 0 Å². The maximum Gasteiger partial charge on any atom is 0.223 e. The second-order valence-corrected chi connectivity index (χ2v) is 7.12. The number of aryl methyl sites for hydroxylation is 1. The van der Waals surface area contributed by atoms with Crippen LogP contribution in [-0.4, -0.2) is 50.0 Å². The van der Waals surface area contributed by atoms with E-state index in [-0.39, 0.29) is 5.91 Å². The Morgan fingerprint density at radius 1 is 1.21 bits per heavy atom. The van der Waals surface area contributed by atoms with Gasteiger partial charge in [0.1, 0.15) is 5.69 Å². The molecule has 1 saturated heterocycles. The Hall–Kier alpha value is -2.93. The van der Waals surface area contributed by atoms with Crippen LogP contribution in [0, 0.1) is 0 Å². The molecule has 1 fully saturated rings. The molecule has 1 N–H and O–H groups in total. The number of carbonyl (C=O) groups is 1. The maximum absolute atomic E-state index is 11.7. The number of rotatable bonds is 6. The molecule has 0 bridgehead atoms. The number of nitrogens with zero attached hydrogens (tertiary/aromatic N) is 5. The summed E-state index contributed by atoms with van der Waals surface area (Å²) in [4.78, 5) is 27.2. The summed E-state index contributed by atoms with van der Waals surface area (Å²) < 4.78 is 1.91. The van der Waals surface area contributed by atoms with E-state index in [9.17, 15) is 4.79 Å². The molecular formula is C20H21ClN6O. The van der Waals surface area contributed by atoms with Gasteiger partial charge in [0, 0.05) is 67.8 Å². The zero-order chi connectivity index (χ0) is 19.5. The molecule has 144 valence electrons. The number of anilines is 1. The van der Waals surface area contributed by atoms with E-state index in [2.05, 4.69) is 15.3 Å². The lowest BCUT2D eigenvalue weighted by Gasteiger charge is -2.16. The zero-order valence-electron chi connectivity index (χ0n) is 15.6. The summed E-state index contributed by atoms with van der Waals surface area (Å²) in [7, 11) is 1.92. The summed E-state index contributed by atoms with van der Waals surface area (Å²) >= 11 is 6.41. The van der Waals surface area contributed by atoms with Crippen molar-refractivity contribution in [1.82, 2.24) is 24.4 Å². The first-order valence-corrected chi connectivity index (χ1v) is 9.62. The number of aromatic nitrogens is 4. The summed E-state index contributed by atoms with van der Waals surface area (Å²) in [6.45, 7) is 2.06. The molecule has 4 rings (SSSR count). The van der Waals surface area contributed by atoms with Crippen molar-refractivity contribution in [2.45, 2.75) is 12.8 Å². The van der Waals surface area contributed by atoms with Crippen LogP contribution in [0.4, 0.5) is 5.95 Å². The SMILES string of the molecule is Cn1ccnc1-c1nc(NCCN2CCCC2=O)ncc1-c1ccccc1Cl.